The zero-order chi connectivity index (χ0) is 11.9. The lowest BCUT2D eigenvalue weighted by Crippen LogP contribution is -2.00. The van der Waals surface area contributed by atoms with Gasteiger partial charge >= 0.3 is 0 Å². The maximum Gasteiger partial charge on any atom is 0.264 e. The Morgan fingerprint density at radius 2 is 2.06 bits per heavy atom. The molecule has 2 heterocycles. The monoisotopic (exact) mass is 245 g/mol. The second kappa shape index (κ2) is 3.97. The number of pyridine rings is 1. The lowest BCUT2D eigenvalue weighted by Gasteiger charge is -2.02. The molecular formula is C10H10ClF2N3. The van der Waals surface area contributed by atoms with E-state index in [1.54, 1.807) is 10.9 Å². The van der Waals surface area contributed by atoms with Crippen molar-refractivity contribution >= 4 is 22.6 Å². The molecule has 0 radical (unpaired) electrons. The highest BCUT2D eigenvalue weighted by Crippen LogP contribution is 2.29. The van der Waals surface area contributed by atoms with E-state index < -0.39 is 6.43 Å². The van der Waals surface area contributed by atoms with Crippen LogP contribution in [0.15, 0.2) is 12.3 Å². The fourth-order valence-electron chi connectivity index (χ4n) is 1.45. The molecule has 2 rings (SSSR count). The lowest BCUT2D eigenvalue weighted by molar-refractivity contribution is 0.153. The van der Waals surface area contributed by atoms with E-state index >= 15 is 0 Å². The first-order valence-electron chi connectivity index (χ1n) is 4.82. The predicted octanol–water partition coefficient (Wildman–Crippen LogP) is 3.60. The first-order chi connectivity index (χ1) is 7.49. The molecule has 0 aliphatic carbocycles. The minimum atomic E-state index is -2.58. The van der Waals surface area contributed by atoms with Crippen molar-refractivity contribution in [2.24, 2.45) is 0 Å². The smallest absolute Gasteiger partial charge is 0.264 e. The van der Waals surface area contributed by atoms with Gasteiger partial charge in [0, 0.05) is 23.2 Å². The standard InChI is InChI=1S/C10H10ClF2N3/c1-5(2)16-4-7-6(9(12)13)3-8(11)14-10(7)15-16/h3-5,9H,1-2H3. The molecule has 0 atom stereocenters. The average molecular weight is 246 g/mol. The molecule has 0 aliphatic heterocycles. The second-order valence-electron chi connectivity index (χ2n) is 3.78. The van der Waals surface area contributed by atoms with Crippen LogP contribution < -0.4 is 0 Å². The van der Waals surface area contributed by atoms with Crippen molar-refractivity contribution < 1.29 is 8.78 Å². The number of nitrogens with zero attached hydrogens (tertiary/aromatic N) is 3. The molecule has 0 unspecified atom stereocenters. The Hall–Kier alpha value is -1.23. The molecule has 0 saturated heterocycles. The summed E-state index contributed by atoms with van der Waals surface area (Å²) < 4.78 is 27.1. The summed E-state index contributed by atoms with van der Waals surface area (Å²) in [5, 5.41) is 4.50. The summed E-state index contributed by atoms with van der Waals surface area (Å²) in [5.74, 6) is 0. The van der Waals surface area contributed by atoms with Crippen LogP contribution in [-0.4, -0.2) is 14.8 Å². The van der Waals surface area contributed by atoms with Crippen molar-refractivity contribution in [2.45, 2.75) is 26.3 Å². The normalized spacial score (nSPS) is 11.9. The molecule has 0 aromatic carbocycles. The van der Waals surface area contributed by atoms with E-state index in [0.717, 1.165) is 0 Å². The number of hydrogen-bond donors (Lipinski definition) is 0. The van der Waals surface area contributed by atoms with Crippen molar-refractivity contribution in [3.63, 3.8) is 0 Å². The number of fused-ring (bicyclic) bond motifs is 1. The third-order valence-electron chi connectivity index (χ3n) is 2.27. The lowest BCUT2D eigenvalue weighted by atomic mass is 10.2. The van der Waals surface area contributed by atoms with Crippen molar-refractivity contribution in [1.29, 1.82) is 0 Å². The molecule has 2 aromatic rings. The number of alkyl halides is 2. The highest BCUT2D eigenvalue weighted by atomic mass is 35.5. The first-order valence-corrected chi connectivity index (χ1v) is 5.20. The summed E-state index contributed by atoms with van der Waals surface area (Å²) in [4.78, 5) is 3.92. The van der Waals surface area contributed by atoms with Crippen LogP contribution in [0.5, 0.6) is 0 Å². The zero-order valence-electron chi connectivity index (χ0n) is 8.78. The van der Waals surface area contributed by atoms with Crippen LogP contribution in [0.4, 0.5) is 8.78 Å². The van der Waals surface area contributed by atoms with Gasteiger partial charge in [0.15, 0.2) is 5.65 Å². The molecule has 3 nitrogen and oxygen atoms in total. The van der Waals surface area contributed by atoms with Gasteiger partial charge in [-0.2, -0.15) is 5.10 Å². The quantitative estimate of drug-likeness (QED) is 0.757. The number of rotatable bonds is 2. The summed E-state index contributed by atoms with van der Waals surface area (Å²) in [6.45, 7) is 3.82. The van der Waals surface area contributed by atoms with Gasteiger partial charge in [0.1, 0.15) is 5.15 Å². The molecule has 0 saturated carbocycles. The van der Waals surface area contributed by atoms with Gasteiger partial charge in [-0.05, 0) is 19.9 Å². The van der Waals surface area contributed by atoms with Gasteiger partial charge in [-0.25, -0.2) is 13.8 Å². The van der Waals surface area contributed by atoms with Crippen LogP contribution in [0.1, 0.15) is 31.9 Å². The van der Waals surface area contributed by atoms with Crippen molar-refractivity contribution in [2.75, 3.05) is 0 Å². The Balaban J connectivity index is 2.70. The highest BCUT2D eigenvalue weighted by molar-refractivity contribution is 6.29. The van der Waals surface area contributed by atoms with Crippen molar-refractivity contribution in [3.8, 4) is 0 Å². The average Bonchev–Trinajstić information content (AvgIpc) is 2.59. The Morgan fingerprint density at radius 1 is 1.38 bits per heavy atom. The van der Waals surface area contributed by atoms with Crippen LogP contribution in [0.3, 0.4) is 0 Å². The van der Waals surface area contributed by atoms with Crippen LogP contribution >= 0.6 is 11.6 Å². The van der Waals surface area contributed by atoms with E-state index in [9.17, 15) is 8.78 Å². The molecule has 0 bridgehead atoms. The number of halogens is 3. The number of aromatic nitrogens is 3. The molecular weight excluding hydrogens is 236 g/mol. The summed E-state index contributed by atoms with van der Waals surface area (Å²) in [6.07, 6.45) is -1.00. The summed E-state index contributed by atoms with van der Waals surface area (Å²) in [7, 11) is 0. The van der Waals surface area contributed by atoms with Crippen molar-refractivity contribution in [1.82, 2.24) is 14.8 Å². The van der Waals surface area contributed by atoms with Crippen molar-refractivity contribution in [3.05, 3.63) is 23.0 Å². The van der Waals surface area contributed by atoms with E-state index in [-0.39, 0.29) is 22.4 Å². The predicted molar refractivity (Wildman–Crippen MR) is 57.9 cm³/mol. The Morgan fingerprint density at radius 3 is 2.62 bits per heavy atom. The molecule has 0 N–H and O–H groups in total. The van der Waals surface area contributed by atoms with Gasteiger partial charge in [-0.3, -0.25) is 4.68 Å². The van der Waals surface area contributed by atoms with E-state index in [0.29, 0.717) is 5.39 Å². The minimum Gasteiger partial charge on any atom is -0.267 e. The maximum absolute atomic E-state index is 12.8. The van der Waals surface area contributed by atoms with Gasteiger partial charge in [0.05, 0.1) is 0 Å². The minimum absolute atomic E-state index is 0.0387. The largest absolute Gasteiger partial charge is 0.267 e. The van der Waals surface area contributed by atoms with Gasteiger partial charge < -0.3 is 0 Å². The fourth-order valence-corrected chi connectivity index (χ4v) is 1.65. The van der Waals surface area contributed by atoms with E-state index in [2.05, 4.69) is 10.1 Å². The van der Waals surface area contributed by atoms with Crippen LogP contribution in [0, 0.1) is 0 Å². The van der Waals surface area contributed by atoms with Gasteiger partial charge in [0.25, 0.3) is 6.43 Å². The molecule has 6 heteroatoms. The maximum atomic E-state index is 12.8. The van der Waals surface area contributed by atoms with Gasteiger partial charge in [-0.1, -0.05) is 11.6 Å². The Kier molecular flexibility index (Phi) is 2.80. The fraction of sp³-hybridized carbons (Fsp3) is 0.400. The Bertz CT molecular complexity index is 522. The molecule has 16 heavy (non-hydrogen) atoms. The van der Waals surface area contributed by atoms with Crippen LogP contribution in [-0.2, 0) is 0 Å². The first kappa shape index (κ1) is 11.3. The molecule has 86 valence electrons. The third kappa shape index (κ3) is 1.87. The van der Waals surface area contributed by atoms with Gasteiger partial charge in [0.2, 0.25) is 0 Å². The van der Waals surface area contributed by atoms with E-state index in [1.807, 2.05) is 13.8 Å². The van der Waals surface area contributed by atoms with E-state index in [4.69, 9.17) is 11.6 Å². The Labute approximate surface area is 96.0 Å². The van der Waals surface area contributed by atoms with Crippen LogP contribution in [0.25, 0.3) is 11.0 Å². The third-order valence-corrected chi connectivity index (χ3v) is 2.47. The molecule has 0 amide bonds. The highest BCUT2D eigenvalue weighted by Gasteiger charge is 2.17. The zero-order valence-corrected chi connectivity index (χ0v) is 9.54. The summed E-state index contributed by atoms with van der Waals surface area (Å²) >= 11 is 5.66. The summed E-state index contributed by atoms with van der Waals surface area (Å²) in [5.41, 5.74) is 0.137. The van der Waals surface area contributed by atoms with Gasteiger partial charge in [-0.15, -0.1) is 0 Å². The molecule has 2 aromatic heterocycles. The molecule has 0 fully saturated rings. The molecule has 0 aliphatic rings. The second-order valence-corrected chi connectivity index (χ2v) is 4.16. The van der Waals surface area contributed by atoms with E-state index in [1.165, 1.54) is 6.07 Å². The van der Waals surface area contributed by atoms with Crippen LogP contribution in [0.2, 0.25) is 5.15 Å². The molecule has 0 spiro atoms. The topological polar surface area (TPSA) is 30.7 Å². The number of hydrogen-bond acceptors (Lipinski definition) is 2. The SMILES string of the molecule is CC(C)n1cc2c(C(F)F)cc(Cl)nc2n1. The summed E-state index contributed by atoms with van der Waals surface area (Å²) in [6, 6.07) is 1.28.